The largest absolute Gasteiger partial charge is 0.493 e. The van der Waals surface area contributed by atoms with E-state index in [4.69, 9.17) is 28.4 Å². The predicted molar refractivity (Wildman–Crippen MR) is 334 cm³/mol. The maximum atomic E-state index is 14.0. The van der Waals surface area contributed by atoms with Gasteiger partial charge in [-0.3, -0.25) is 0 Å². The SMILES string of the molecule is CCCCCCCCOc1ccc(C(=O)Oc2ccc(-c3ccc(C(=O)OC(C)CCCCCC)cc3)cc2)cc1Cc1cc(C(=O)Oc2ccc(-c3ccc(C(=O)OC(C)CCCCCC)cc3)cc2)ccc1OCCCCCCCC. The first kappa shape index (κ1) is 65.0. The molecule has 0 amide bonds. The zero-order chi connectivity index (χ0) is 59.0. The van der Waals surface area contributed by atoms with Gasteiger partial charge < -0.3 is 28.4 Å². The maximum Gasteiger partial charge on any atom is 0.343 e. The van der Waals surface area contributed by atoms with Crippen molar-refractivity contribution >= 4 is 23.9 Å². The Morgan fingerprint density at radius 3 is 0.988 bits per heavy atom. The van der Waals surface area contributed by atoms with Crippen molar-refractivity contribution in [2.75, 3.05) is 13.2 Å². The van der Waals surface area contributed by atoms with Crippen molar-refractivity contribution in [1.29, 1.82) is 0 Å². The second kappa shape index (κ2) is 36.4. The molecule has 444 valence electrons. The maximum absolute atomic E-state index is 14.0. The molecule has 0 heterocycles. The summed E-state index contributed by atoms with van der Waals surface area (Å²) in [5.74, 6) is 0.345. The molecule has 6 aromatic carbocycles. The highest BCUT2D eigenvalue weighted by molar-refractivity contribution is 5.93. The quantitative estimate of drug-likeness (QED) is 0.0210. The van der Waals surface area contributed by atoms with Gasteiger partial charge in [-0.15, -0.1) is 0 Å². The summed E-state index contributed by atoms with van der Waals surface area (Å²) in [7, 11) is 0. The van der Waals surface area contributed by atoms with Crippen LogP contribution in [0.3, 0.4) is 0 Å². The Morgan fingerprint density at radius 2 is 0.639 bits per heavy atom. The Balaban J connectivity index is 1.16. The molecular formula is C73H92O10. The fourth-order valence-electron chi connectivity index (χ4n) is 10.0. The van der Waals surface area contributed by atoms with Crippen LogP contribution >= 0.6 is 0 Å². The minimum Gasteiger partial charge on any atom is -0.493 e. The fraction of sp³-hybridized carbons (Fsp3) is 0.452. The summed E-state index contributed by atoms with van der Waals surface area (Å²) >= 11 is 0. The summed E-state index contributed by atoms with van der Waals surface area (Å²) in [4.78, 5) is 53.7. The van der Waals surface area contributed by atoms with E-state index in [-0.39, 0.29) is 24.1 Å². The summed E-state index contributed by atoms with van der Waals surface area (Å²) in [5.41, 5.74) is 6.82. The average Bonchev–Trinajstić information content (AvgIpc) is 3.52. The lowest BCUT2D eigenvalue weighted by molar-refractivity contribution is 0.0309. The molecule has 10 nitrogen and oxygen atoms in total. The molecule has 2 atom stereocenters. The number of hydrogen-bond acceptors (Lipinski definition) is 10. The molecule has 0 bridgehead atoms. The third-order valence-electron chi connectivity index (χ3n) is 15.1. The molecule has 0 N–H and O–H groups in total. The molecule has 10 heteroatoms. The van der Waals surface area contributed by atoms with Crippen LogP contribution in [0, 0.1) is 0 Å². The van der Waals surface area contributed by atoms with Crippen molar-refractivity contribution in [3.8, 4) is 45.3 Å². The second-order valence-electron chi connectivity index (χ2n) is 22.2. The van der Waals surface area contributed by atoms with E-state index in [0.717, 1.165) is 110 Å². The Bertz CT molecular complexity index is 2670. The first-order valence-corrected chi connectivity index (χ1v) is 31.3. The van der Waals surface area contributed by atoms with Crippen molar-refractivity contribution in [3.63, 3.8) is 0 Å². The number of carbonyl (C=O) groups excluding carboxylic acids is 4. The van der Waals surface area contributed by atoms with Crippen LogP contribution in [-0.2, 0) is 15.9 Å². The minimum atomic E-state index is -0.526. The van der Waals surface area contributed by atoms with Crippen LogP contribution < -0.4 is 18.9 Å². The van der Waals surface area contributed by atoms with Gasteiger partial charge in [-0.25, -0.2) is 19.2 Å². The molecule has 0 radical (unpaired) electrons. The normalized spacial score (nSPS) is 11.8. The second-order valence-corrected chi connectivity index (χ2v) is 22.2. The van der Waals surface area contributed by atoms with Crippen molar-refractivity contribution in [3.05, 3.63) is 167 Å². The number of unbranched alkanes of at least 4 members (excludes halogenated alkanes) is 16. The fourth-order valence-corrected chi connectivity index (χ4v) is 10.0. The zero-order valence-corrected chi connectivity index (χ0v) is 50.6. The van der Waals surface area contributed by atoms with Gasteiger partial charge >= 0.3 is 23.9 Å². The van der Waals surface area contributed by atoms with Crippen molar-refractivity contribution in [2.45, 2.75) is 201 Å². The van der Waals surface area contributed by atoms with Crippen LogP contribution in [-0.4, -0.2) is 49.3 Å². The smallest absolute Gasteiger partial charge is 0.343 e. The van der Waals surface area contributed by atoms with E-state index in [1.165, 1.54) is 64.2 Å². The Labute approximate surface area is 496 Å². The summed E-state index contributed by atoms with van der Waals surface area (Å²) < 4.78 is 36.3. The number of ether oxygens (including phenoxy) is 6. The van der Waals surface area contributed by atoms with Gasteiger partial charge in [0.2, 0.25) is 0 Å². The van der Waals surface area contributed by atoms with Crippen LogP contribution in [0.2, 0.25) is 0 Å². The van der Waals surface area contributed by atoms with Gasteiger partial charge in [0.1, 0.15) is 23.0 Å². The van der Waals surface area contributed by atoms with Crippen LogP contribution in [0.25, 0.3) is 22.3 Å². The molecule has 6 rings (SSSR count). The van der Waals surface area contributed by atoms with E-state index >= 15 is 0 Å². The standard InChI is InChI=1S/C73H92O10/c1-7-11-15-19-21-25-49-78-68-47-41-62(72(76)82-66-43-37-58(38-44-66)56-29-33-60(34-30-56)70(74)80-54(5)27-23-17-13-9-3)51-64(68)53-65-52-63(42-48-69(65)79-50-26-22-20-16-12-8-2)73(77)83-67-45-39-59(40-46-67)57-31-35-61(36-32-57)71(75)81-55(6)28-24-18-14-10-4/h29-48,51-52,54-55H,7-28,49-50,53H2,1-6H3. The van der Waals surface area contributed by atoms with Gasteiger partial charge in [0.25, 0.3) is 0 Å². The average molecular weight is 1130 g/mol. The molecule has 0 fully saturated rings. The summed E-state index contributed by atoms with van der Waals surface area (Å²) in [5, 5.41) is 0. The van der Waals surface area contributed by atoms with Gasteiger partial charge in [0.05, 0.1) is 47.7 Å². The molecule has 0 saturated heterocycles. The Kier molecular flexibility index (Phi) is 28.5. The van der Waals surface area contributed by atoms with E-state index in [0.29, 0.717) is 64.9 Å². The topological polar surface area (TPSA) is 124 Å². The Morgan fingerprint density at radius 1 is 0.337 bits per heavy atom. The van der Waals surface area contributed by atoms with Gasteiger partial charge in [0, 0.05) is 6.42 Å². The molecule has 0 aromatic heterocycles. The zero-order valence-electron chi connectivity index (χ0n) is 50.6. The summed E-state index contributed by atoms with van der Waals surface area (Å²) in [6, 6.07) is 40.0. The van der Waals surface area contributed by atoms with Crippen molar-refractivity contribution in [1.82, 2.24) is 0 Å². The van der Waals surface area contributed by atoms with Crippen molar-refractivity contribution in [2.24, 2.45) is 0 Å². The van der Waals surface area contributed by atoms with Gasteiger partial charge in [0.15, 0.2) is 0 Å². The lowest BCUT2D eigenvalue weighted by Crippen LogP contribution is -2.15. The molecule has 83 heavy (non-hydrogen) atoms. The first-order chi connectivity index (χ1) is 40.5. The molecule has 2 unspecified atom stereocenters. The number of hydrogen-bond donors (Lipinski definition) is 0. The molecule has 6 aromatic rings. The van der Waals surface area contributed by atoms with E-state index in [1.807, 2.05) is 86.6 Å². The van der Waals surface area contributed by atoms with Gasteiger partial charge in [-0.05, 0) is 171 Å². The first-order valence-electron chi connectivity index (χ1n) is 31.3. The molecule has 0 spiro atoms. The third kappa shape index (κ3) is 22.5. The lowest BCUT2D eigenvalue weighted by Gasteiger charge is -2.17. The molecule has 0 aliphatic carbocycles. The molecule has 0 aliphatic heterocycles. The predicted octanol–water partition coefficient (Wildman–Crippen LogP) is 19.6. The third-order valence-corrected chi connectivity index (χ3v) is 15.1. The van der Waals surface area contributed by atoms with E-state index in [2.05, 4.69) is 27.7 Å². The number of esters is 4. The lowest BCUT2D eigenvalue weighted by atomic mass is 9.99. The molecule has 0 aliphatic rings. The van der Waals surface area contributed by atoms with Crippen LogP contribution in [0.15, 0.2) is 133 Å². The van der Waals surface area contributed by atoms with E-state index in [9.17, 15) is 19.2 Å². The van der Waals surface area contributed by atoms with Crippen LogP contribution in [0.4, 0.5) is 0 Å². The number of carbonyl (C=O) groups is 4. The monoisotopic (exact) mass is 1130 g/mol. The minimum absolute atomic E-state index is 0.139. The highest BCUT2D eigenvalue weighted by Gasteiger charge is 2.20. The molecule has 0 saturated carbocycles. The number of rotatable bonds is 38. The van der Waals surface area contributed by atoms with Gasteiger partial charge in [-0.2, -0.15) is 0 Å². The number of benzene rings is 6. The molecular weight excluding hydrogens is 1040 g/mol. The van der Waals surface area contributed by atoms with Crippen molar-refractivity contribution < 1.29 is 47.6 Å². The summed E-state index contributed by atoms with van der Waals surface area (Å²) in [6.07, 6.45) is 24.2. The van der Waals surface area contributed by atoms with Crippen LogP contribution in [0.1, 0.15) is 235 Å². The highest BCUT2D eigenvalue weighted by atomic mass is 16.6. The van der Waals surface area contributed by atoms with E-state index in [1.54, 1.807) is 60.7 Å². The van der Waals surface area contributed by atoms with Crippen LogP contribution in [0.5, 0.6) is 23.0 Å². The Hall–Kier alpha value is -7.20. The summed E-state index contributed by atoms with van der Waals surface area (Å²) in [6.45, 7) is 13.7. The van der Waals surface area contributed by atoms with Gasteiger partial charge in [-0.1, -0.05) is 179 Å². The highest BCUT2D eigenvalue weighted by Crippen LogP contribution is 2.32. The van der Waals surface area contributed by atoms with E-state index < -0.39 is 11.9 Å².